The summed E-state index contributed by atoms with van der Waals surface area (Å²) in [7, 11) is 0. The second-order valence-corrected chi connectivity index (χ2v) is 9.18. The number of amides is 1. The lowest BCUT2D eigenvalue weighted by Gasteiger charge is -2.30. The number of hydrogen-bond donors (Lipinski definition) is 0. The van der Waals surface area contributed by atoms with Crippen molar-refractivity contribution in [3.63, 3.8) is 0 Å². The van der Waals surface area contributed by atoms with Crippen LogP contribution in [0.4, 0.5) is 4.39 Å². The van der Waals surface area contributed by atoms with E-state index in [0.29, 0.717) is 13.0 Å². The van der Waals surface area contributed by atoms with E-state index >= 15 is 0 Å². The molecule has 0 fully saturated rings. The Morgan fingerprint density at radius 3 is 2.24 bits per heavy atom. The molecule has 3 heteroatoms. The van der Waals surface area contributed by atoms with E-state index < -0.39 is 0 Å². The van der Waals surface area contributed by atoms with E-state index in [4.69, 9.17) is 0 Å². The van der Waals surface area contributed by atoms with Crippen LogP contribution in [0.5, 0.6) is 0 Å². The lowest BCUT2D eigenvalue weighted by molar-refractivity contribution is -0.133. The maximum absolute atomic E-state index is 13.9. The van der Waals surface area contributed by atoms with Crippen LogP contribution in [0.25, 0.3) is 11.1 Å². The summed E-state index contributed by atoms with van der Waals surface area (Å²) in [5.41, 5.74) is 7.82. The predicted octanol–water partition coefficient (Wildman–Crippen LogP) is 6.54. The van der Waals surface area contributed by atoms with Crippen LogP contribution in [0.1, 0.15) is 27.8 Å². The molecule has 34 heavy (non-hydrogen) atoms. The number of fused-ring (bicyclic) bond motifs is 1. The molecule has 170 valence electrons. The number of carbonyl (C=O) groups is 1. The maximum atomic E-state index is 13.9. The molecule has 5 rings (SSSR count). The molecule has 0 saturated carbocycles. The van der Waals surface area contributed by atoms with E-state index in [9.17, 15) is 9.18 Å². The van der Waals surface area contributed by atoms with Crippen LogP contribution >= 0.6 is 0 Å². The maximum Gasteiger partial charge on any atom is 0.227 e. The third kappa shape index (κ3) is 4.79. The topological polar surface area (TPSA) is 20.3 Å². The van der Waals surface area contributed by atoms with Crippen molar-refractivity contribution in [3.8, 4) is 11.1 Å². The third-order valence-electron chi connectivity index (χ3n) is 6.75. The van der Waals surface area contributed by atoms with Crippen molar-refractivity contribution in [3.05, 3.63) is 131 Å². The highest BCUT2D eigenvalue weighted by molar-refractivity contribution is 5.82. The first-order valence-corrected chi connectivity index (χ1v) is 11.8. The molecule has 0 saturated heterocycles. The van der Waals surface area contributed by atoms with Crippen LogP contribution in [0, 0.1) is 12.7 Å². The van der Waals surface area contributed by atoms with Crippen molar-refractivity contribution in [1.82, 2.24) is 4.90 Å². The average Bonchev–Trinajstić information content (AvgIpc) is 3.27. The molecule has 0 atom stereocenters. The minimum atomic E-state index is -0.274. The lowest BCUT2D eigenvalue weighted by Crippen LogP contribution is -2.41. The van der Waals surface area contributed by atoms with Crippen LogP contribution in [-0.4, -0.2) is 16.8 Å². The van der Waals surface area contributed by atoms with Crippen molar-refractivity contribution in [1.29, 1.82) is 0 Å². The number of carbonyl (C=O) groups excluding carboxylic acids is 1. The SMILES string of the molecule is Cc1ccc(-c2ccccc2CC(=O)N(Cc2cccc(F)c2)C2Cc3ccccc3C2)cc1. The second-order valence-electron chi connectivity index (χ2n) is 9.18. The highest BCUT2D eigenvalue weighted by Gasteiger charge is 2.30. The zero-order valence-corrected chi connectivity index (χ0v) is 19.4. The Kier molecular flexibility index (Phi) is 6.27. The van der Waals surface area contributed by atoms with Crippen LogP contribution in [0.2, 0.25) is 0 Å². The quantitative estimate of drug-likeness (QED) is 0.327. The zero-order chi connectivity index (χ0) is 23.5. The van der Waals surface area contributed by atoms with Crippen LogP contribution in [0.3, 0.4) is 0 Å². The molecule has 4 aromatic rings. The Morgan fingerprint density at radius 1 is 0.853 bits per heavy atom. The van der Waals surface area contributed by atoms with Gasteiger partial charge in [-0.05, 0) is 65.3 Å². The molecule has 0 spiro atoms. The number of halogens is 1. The highest BCUT2D eigenvalue weighted by Crippen LogP contribution is 2.29. The second kappa shape index (κ2) is 9.64. The summed E-state index contributed by atoms with van der Waals surface area (Å²) in [4.78, 5) is 15.8. The predicted molar refractivity (Wildman–Crippen MR) is 135 cm³/mol. The first kappa shape index (κ1) is 22.1. The summed E-state index contributed by atoms with van der Waals surface area (Å²) in [6.45, 7) is 2.48. The summed E-state index contributed by atoms with van der Waals surface area (Å²) in [5.74, 6) is -0.203. The summed E-state index contributed by atoms with van der Waals surface area (Å²) in [5, 5.41) is 0. The van der Waals surface area contributed by atoms with Gasteiger partial charge in [0, 0.05) is 12.6 Å². The summed E-state index contributed by atoms with van der Waals surface area (Å²) in [6.07, 6.45) is 1.97. The Balaban J connectivity index is 1.44. The fraction of sp³-hybridized carbons (Fsp3) is 0.194. The van der Waals surface area contributed by atoms with Crippen molar-refractivity contribution < 1.29 is 9.18 Å². The highest BCUT2D eigenvalue weighted by atomic mass is 19.1. The average molecular weight is 450 g/mol. The van der Waals surface area contributed by atoms with Gasteiger partial charge in [-0.3, -0.25) is 4.79 Å². The molecule has 0 N–H and O–H groups in total. The smallest absolute Gasteiger partial charge is 0.227 e. The van der Waals surface area contributed by atoms with Gasteiger partial charge in [0.2, 0.25) is 5.91 Å². The normalized spacial score (nSPS) is 13.0. The third-order valence-corrected chi connectivity index (χ3v) is 6.75. The van der Waals surface area contributed by atoms with Gasteiger partial charge in [-0.25, -0.2) is 4.39 Å². The van der Waals surface area contributed by atoms with Gasteiger partial charge in [-0.1, -0.05) is 90.5 Å². The standard InChI is InChI=1S/C31H28FNO/c1-22-13-15-24(16-14-22)30-12-5-4-10-27(30)20-31(34)33(21-23-7-6-11-28(32)17-23)29-18-25-8-2-3-9-26(25)19-29/h2-17,29H,18-21H2,1H3. The van der Waals surface area contributed by atoms with Gasteiger partial charge in [-0.2, -0.15) is 0 Å². The van der Waals surface area contributed by atoms with Gasteiger partial charge in [-0.15, -0.1) is 0 Å². The minimum absolute atomic E-state index is 0.0692. The zero-order valence-electron chi connectivity index (χ0n) is 19.4. The molecule has 1 aliphatic carbocycles. The molecule has 0 radical (unpaired) electrons. The molecule has 2 nitrogen and oxygen atoms in total. The Hall–Kier alpha value is -3.72. The van der Waals surface area contributed by atoms with Crippen LogP contribution < -0.4 is 0 Å². The molecule has 0 aliphatic heterocycles. The summed E-state index contributed by atoms with van der Waals surface area (Å²) in [6, 6.07) is 31.6. The first-order valence-electron chi connectivity index (χ1n) is 11.8. The van der Waals surface area contributed by atoms with E-state index in [-0.39, 0.29) is 17.8 Å². The van der Waals surface area contributed by atoms with Gasteiger partial charge in [0.15, 0.2) is 0 Å². The first-order chi connectivity index (χ1) is 16.6. The van der Waals surface area contributed by atoms with Gasteiger partial charge in [0.25, 0.3) is 0 Å². The fourth-order valence-electron chi connectivity index (χ4n) is 4.96. The van der Waals surface area contributed by atoms with Crippen LogP contribution in [0.15, 0.2) is 97.1 Å². The van der Waals surface area contributed by atoms with E-state index in [0.717, 1.165) is 35.1 Å². The number of aryl methyl sites for hydroxylation is 1. The van der Waals surface area contributed by atoms with Crippen LogP contribution in [-0.2, 0) is 30.6 Å². The molecule has 0 aromatic heterocycles. The summed E-state index contributed by atoms with van der Waals surface area (Å²) < 4.78 is 13.9. The number of rotatable bonds is 6. The fourth-order valence-corrected chi connectivity index (χ4v) is 4.96. The Labute approximate surface area is 200 Å². The number of nitrogens with zero attached hydrogens (tertiary/aromatic N) is 1. The number of benzene rings is 4. The van der Waals surface area contributed by atoms with Gasteiger partial charge in [0.05, 0.1) is 6.42 Å². The van der Waals surface area contributed by atoms with Crippen molar-refractivity contribution in [2.75, 3.05) is 0 Å². The van der Waals surface area contributed by atoms with E-state index in [2.05, 4.69) is 61.5 Å². The van der Waals surface area contributed by atoms with Gasteiger partial charge < -0.3 is 4.90 Å². The minimum Gasteiger partial charge on any atom is -0.334 e. The van der Waals surface area contributed by atoms with Crippen molar-refractivity contribution >= 4 is 5.91 Å². The molecular weight excluding hydrogens is 421 g/mol. The molecule has 0 bridgehead atoms. The molecule has 0 heterocycles. The van der Waals surface area contributed by atoms with E-state index in [1.54, 1.807) is 6.07 Å². The van der Waals surface area contributed by atoms with E-state index in [1.165, 1.54) is 28.8 Å². The largest absolute Gasteiger partial charge is 0.334 e. The Morgan fingerprint density at radius 2 is 1.53 bits per heavy atom. The molecule has 4 aromatic carbocycles. The molecule has 1 aliphatic rings. The van der Waals surface area contributed by atoms with Gasteiger partial charge in [0.1, 0.15) is 5.82 Å². The van der Waals surface area contributed by atoms with Crippen molar-refractivity contribution in [2.24, 2.45) is 0 Å². The number of hydrogen-bond acceptors (Lipinski definition) is 1. The summed E-state index contributed by atoms with van der Waals surface area (Å²) >= 11 is 0. The van der Waals surface area contributed by atoms with Gasteiger partial charge >= 0.3 is 0 Å². The molecule has 1 amide bonds. The molecular formula is C31H28FNO. The lowest BCUT2D eigenvalue weighted by atomic mass is 9.96. The van der Waals surface area contributed by atoms with Crippen molar-refractivity contribution in [2.45, 2.75) is 38.8 Å². The monoisotopic (exact) mass is 449 g/mol. The van der Waals surface area contributed by atoms with E-state index in [1.807, 2.05) is 29.2 Å². The molecule has 0 unspecified atom stereocenters. The Bertz CT molecular complexity index is 1290.